The van der Waals surface area contributed by atoms with Gasteiger partial charge in [0.2, 0.25) is 5.88 Å². The highest BCUT2D eigenvalue weighted by molar-refractivity contribution is 5.79. The van der Waals surface area contributed by atoms with Gasteiger partial charge in [-0.1, -0.05) is 24.3 Å². The molecule has 9 heteroatoms. The molecule has 0 bridgehead atoms. The fourth-order valence-corrected chi connectivity index (χ4v) is 2.29. The Balaban J connectivity index is 1.90. The van der Waals surface area contributed by atoms with Gasteiger partial charge in [0.25, 0.3) is 0 Å². The fraction of sp³-hybridized carbons (Fsp3) is 0.368. The van der Waals surface area contributed by atoms with E-state index < -0.39 is 6.36 Å². The maximum atomic E-state index is 12.5. The standard InChI is InChI=1S/C19H23F3N4O2/c1-13(2)27-17-9-8-14(10-24-17)11-25-18(23-3)26-12-15-6-4-5-7-16(15)28-19(20,21)22/h4-10,13H,11-12H2,1-3H3,(H2,23,25,26). The number of hydrogen-bond acceptors (Lipinski definition) is 4. The first-order valence-electron chi connectivity index (χ1n) is 8.66. The average molecular weight is 396 g/mol. The number of para-hydroxylation sites is 1. The Kier molecular flexibility index (Phi) is 7.48. The molecule has 0 atom stereocenters. The summed E-state index contributed by atoms with van der Waals surface area (Å²) in [4.78, 5) is 8.28. The molecule has 0 aliphatic carbocycles. The Bertz CT molecular complexity index is 777. The number of ether oxygens (including phenoxy) is 2. The molecule has 0 aliphatic heterocycles. The van der Waals surface area contributed by atoms with Gasteiger partial charge in [0.1, 0.15) is 5.75 Å². The first kappa shape index (κ1) is 21.3. The van der Waals surface area contributed by atoms with Crippen LogP contribution in [-0.2, 0) is 13.1 Å². The van der Waals surface area contributed by atoms with Crippen molar-refractivity contribution in [3.05, 3.63) is 53.7 Å². The van der Waals surface area contributed by atoms with Gasteiger partial charge in [-0.15, -0.1) is 13.2 Å². The van der Waals surface area contributed by atoms with Crippen LogP contribution in [0.25, 0.3) is 0 Å². The summed E-state index contributed by atoms with van der Waals surface area (Å²) in [5, 5.41) is 6.04. The fourth-order valence-electron chi connectivity index (χ4n) is 2.29. The van der Waals surface area contributed by atoms with Crippen molar-refractivity contribution in [2.75, 3.05) is 7.05 Å². The lowest BCUT2D eigenvalue weighted by Gasteiger charge is -2.15. The Morgan fingerprint density at radius 2 is 1.82 bits per heavy atom. The van der Waals surface area contributed by atoms with Crippen LogP contribution in [0.4, 0.5) is 13.2 Å². The predicted molar refractivity (Wildman–Crippen MR) is 100 cm³/mol. The SMILES string of the molecule is CN=C(NCc1ccc(OC(C)C)nc1)NCc1ccccc1OC(F)(F)F. The molecule has 152 valence electrons. The Morgan fingerprint density at radius 3 is 2.43 bits per heavy atom. The molecule has 2 aromatic rings. The number of halogens is 3. The summed E-state index contributed by atoms with van der Waals surface area (Å²) in [5.74, 6) is 0.731. The predicted octanol–water partition coefficient (Wildman–Crippen LogP) is 3.63. The van der Waals surface area contributed by atoms with Crippen molar-refractivity contribution in [2.45, 2.75) is 39.4 Å². The lowest BCUT2D eigenvalue weighted by Crippen LogP contribution is -2.36. The van der Waals surface area contributed by atoms with Crippen LogP contribution in [0, 0.1) is 0 Å². The van der Waals surface area contributed by atoms with Crippen LogP contribution in [0.15, 0.2) is 47.6 Å². The smallest absolute Gasteiger partial charge is 0.475 e. The number of rotatable bonds is 7. The second kappa shape index (κ2) is 9.82. The summed E-state index contributed by atoms with van der Waals surface area (Å²) >= 11 is 0. The summed E-state index contributed by atoms with van der Waals surface area (Å²) < 4.78 is 47.0. The quantitative estimate of drug-likeness (QED) is 0.553. The summed E-state index contributed by atoms with van der Waals surface area (Å²) in [6, 6.07) is 9.60. The third-order valence-corrected chi connectivity index (χ3v) is 3.48. The number of aliphatic imine (C=N–C) groups is 1. The van der Waals surface area contributed by atoms with E-state index >= 15 is 0 Å². The monoisotopic (exact) mass is 396 g/mol. The summed E-state index contributed by atoms with van der Waals surface area (Å²) in [6.07, 6.45) is -3.01. The minimum Gasteiger partial charge on any atom is -0.475 e. The Hall–Kier alpha value is -2.97. The molecule has 0 fully saturated rings. The van der Waals surface area contributed by atoms with E-state index in [2.05, 4.69) is 25.3 Å². The van der Waals surface area contributed by atoms with Gasteiger partial charge in [-0.05, 0) is 25.5 Å². The first-order valence-corrected chi connectivity index (χ1v) is 8.66. The van der Waals surface area contributed by atoms with Crippen LogP contribution in [0.3, 0.4) is 0 Å². The number of alkyl halides is 3. The van der Waals surface area contributed by atoms with Crippen molar-refractivity contribution in [3.8, 4) is 11.6 Å². The van der Waals surface area contributed by atoms with Crippen molar-refractivity contribution in [1.82, 2.24) is 15.6 Å². The third-order valence-electron chi connectivity index (χ3n) is 3.48. The molecule has 2 rings (SSSR count). The van der Waals surface area contributed by atoms with E-state index in [0.717, 1.165) is 5.56 Å². The van der Waals surface area contributed by atoms with E-state index in [1.54, 1.807) is 31.4 Å². The zero-order valence-corrected chi connectivity index (χ0v) is 15.9. The van der Waals surface area contributed by atoms with E-state index in [-0.39, 0.29) is 18.4 Å². The van der Waals surface area contributed by atoms with Crippen molar-refractivity contribution >= 4 is 5.96 Å². The second-order valence-corrected chi connectivity index (χ2v) is 6.11. The van der Waals surface area contributed by atoms with Gasteiger partial charge in [0.15, 0.2) is 5.96 Å². The second-order valence-electron chi connectivity index (χ2n) is 6.11. The van der Waals surface area contributed by atoms with E-state index in [9.17, 15) is 13.2 Å². The number of hydrogen-bond donors (Lipinski definition) is 2. The van der Waals surface area contributed by atoms with E-state index in [4.69, 9.17) is 4.74 Å². The molecule has 0 saturated heterocycles. The molecule has 1 aromatic heterocycles. The van der Waals surface area contributed by atoms with Crippen molar-refractivity contribution in [1.29, 1.82) is 0 Å². The third kappa shape index (κ3) is 7.34. The lowest BCUT2D eigenvalue weighted by atomic mass is 10.2. The van der Waals surface area contributed by atoms with Crippen molar-refractivity contribution in [2.24, 2.45) is 4.99 Å². The molecule has 0 radical (unpaired) electrons. The van der Waals surface area contributed by atoms with E-state index in [0.29, 0.717) is 23.9 Å². The zero-order chi connectivity index (χ0) is 20.6. The number of pyridine rings is 1. The molecule has 6 nitrogen and oxygen atoms in total. The van der Waals surface area contributed by atoms with E-state index in [1.807, 2.05) is 19.9 Å². The van der Waals surface area contributed by atoms with Crippen molar-refractivity contribution < 1.29 is 22.6 Å². The average Bonchev–Trinajstić information content (AvgIpc) is 2.62. The maximum absolute atomic E-state index is 12.5. The van der Waals surface area contributed by atoms with Crippen LogP contribution in [-0.4, -0.2) is 30.5 Å². The molecule has 0 saturated carbocycles. The van der Waals surface area contributed by atoms with Gasteiger partial charge in [-0.2, -0.15) is 0 Å². The van der Waals surface area contributed by atoms with Gasteiger partial charge in [-0.3, -0.25) is 4.99 Å². The molecule has 0 amide bonds. The molecule has 0 spiro atoms. The number of nitrogens with one attached hydrogen (secondary N) is 2. The molecular formula is C19H23F3N4O2. The maximum Gasteiger partial charge on any atom is 0.573 e. The molecular weight excluding hydrogens is 373 g/mol. The summed E-state index contributed by atoms with van der Waals surface area (Å²) in [7, 11) is 1.57. The van der Waals surface area contributed by atoms with Crippen LogP contribution < -0.4 is 20.1 Å². The van der Waals surface area contributed by atoms with Gasteiger partial charge in [0, 0.05) is 38.0 Å². The Labute approximate surface area is 161 Å². The molecule has 2 N–H and O–H groups in total. The molecule has 1 aromatic carbocycles. The van der Waals surface area contributed by atoms with Gasteiger partial charge in [0.05, 0.1) is 6.10 Å². The lowest BCUT2D eigenvalue weighted by molar-refractivity contribution is -0.274. The summed E-state index contributed by atoms with van der Waals surface area (Å²) in [6.45, 7) is 4.40. The molecule has 28 heavy (non-hydrogen) atoms. The van der Waals surface area contributed by atoms with Gasteiger partial charge in [-0.25, -0.2) is 4.98 Å². The molecule has 0 aliphatic rings. The number of guanidine groups is 1. The van der Waals surface area contributed by atoms with Crippen LogP contribution in [0.1, 0.15) is 25.0 Å². The topological polar surface area (TPSA) is 67.8 Å². The highest BCUT2D eigenvalue weighted by Gasteiger charge is 2.31. The van der Waals surface area contributed by atoms with Crippen LogP contribution in [0.2, 0.25) is 0 Å². The zero-order valence-electron chi connectivity index (χ0n) is 15.9. The molecule has 1 heterocycles. The van der Waals surface area contributed by atoms with Crippen molar-refractivity contribution in [3.63, 3.8) is 0 Å². The highest BCUT2D eigenvalue weighted by atomic mass is 19.4. The Morgan fingerprint density at radius 1 is 1.11 bits per heavy atom. The number of benzene rings is 1. The van der Waals surface area contributed by atoms with Gasteiger partial charge >= 0.3 is 6.36 Å². The summed E-state index contributed by atoms with van der Waals surface area (Å²) in [5.41, 5.74) is 1.26. The van der Waals surface area contributed by atoms with E-state index in [1.165, 1.54) is 12.1 Å². The van der Waals surface area contributed by atoms with Gasteiger partial charge < -0.3 is 20.1 Å². The largest absolute Gasteiger partial charge is 0.573 e. The van der Waals surface area contributed by atoms with Crippen LogP contribution >= 0.6 is 0 Å². The minimum absolute atomic E-state index is 0.0451. The number of nitrogens with zero attached hydrogens (tertiary/aromatic N) is 2. The minimum atomic E-state index is -4.74. The normalized spacial score (nSPS) is 12.0. The van der Waals surface area contributed by atoms with Crippen LogP contribution in [0.5, 0.6) is 11.6 Å². The highest BCUT2D eigenvalue weighted by Crippen LogP contribution is 2.26. The number of aromatic nitrogens is 1. The molecule has 0 unspecified atom stereocenters. The first-order chi connectivity index (χ1) is 13.3.